The third-order valence-electron chi connectivity index (χ3n) is 14.7. The van der Waals surface area contributed by atoms with E-state index in [9.17, 15) is 28.8 Å². The van der Waals surface area contributed by atoms with Crippen LogP contribution in [0.3, 0.4) is 0 Å². The zero-order valence-electron chi connectivity index (χ0n) is 39.4. The van der Waals surface area contributed by atoms with Gasteiger partial charge >= 0.3 is 0 Å². The molecule has 12 heteroatoms. The molecule has 3 saturated heterocycles. The molecular formula is C53H72N6O6. The quantitative estimate of drug-likeness (QED) is 0.0816. The van der Waals surface area contributed by atoms with Gasteiger partial charge in [0.25, 0.3) is 0 Å². The first kappa shape index (κ1) is 49.4. The Morgan fingerprint density at radius 2 is 0.831 bits per heavy atom. The fourth-order valence-electron chi connectivity index (χ4n) is 12.4. The molecule has 6 rings (SSSR count). The highest BCUT2D eigenvalue weighted by molar-refractivity contribution is 6.08. The average Bonchev–Trinajstić information content (AvgIpc) is 4.05. The molecule has 3 saturated carbocycles. The molecule has 12 unspecified atom stereocenters. The van der Waals surface area contributed by atoms with Crippen molar-refractivity contribution in [3.63, 3.8) is 0 Å². The van der Waals surface area contributed by atoms with Gasteiger partial charge in [-0.3, -0.25) is 43.5 Å². The standard InChI is InChI=1S/C53H72N6O6/c1-9-17-32(18-10-2)41-34(12-4)43-47(53(65)58(27-24-55)49(43)61)38(41)22-16-14-20-36-39(29-30(5)6)35(44-45(36)51(63)59(28-25-56)50(44)62)19-13-15-21-37-40(31(7)8)33(11-3)42-46(37)52(64)57(26-23-54)48(42)60/h11-16,19-22,29-30,33-38,42-47H,3-4,9-10,17-18,23-28,54-56H2,1-2,5-8H3/b19-13+,20-14+,21-15+,22-16+,39-29-. The molecule has 0 aromatic carbocycles. The maximum absolute atomic E-state index is 14.3. The zero-order valence-corrected chi connectivity index (χ0v) is 39.4. The average molecular weight is 889 g/mol. The number of imide groups is 3. The van der Waals surface area contributed by atoms with E-state index in [-0.39, 0.29) is 104 Å². The minimum Gasteiger partial charge on any atom is -0.329 e. The van der Waals surface area contributed by atoms with Gasteiger partial charge in [0.1, 0.15) is 0 Å². The summed E-state index contributed by atoms with van der Waals surface area (Å²) in [6.45, 7) is 21.7. The number of allylic oxidation sites excluding steroid dienone is 16. The Labute approximate surface area is 386 Å². The van der Waals surface area contributed by atoms with E-state index in [1.54, 1.807) is 6.08 Å². The third kappa shape index (κ3) is 8.74. The number of rotatable bonds is 19. The van der Waals surface area contributed by atoms with Gasteiger partial charge in [0.05, 0.1) is 35.5 Å². The summed E-state index contributed by atoms with van der Waals surface area (Å²) >= 11 is 0. The predicted molar refractivity (Wildman–Crippen MR) is 254 cm³/mol. The smallest absolute Gasteiger partial charge is 0.234 e. The molecule has 0 radical (unpaired) electrons. The summed E-state index contributed by atoms with van der Waals surface area (Å²) in [5.41, 5.74) is 23.0. The second kappa shape index (κ2) is 21.1. The number of hydrogen-bond acceptors (Lipinski definition) is 9. The Hall–Kier alpha value is -5.04. The number of amides is 6. The molecule has 0 aromatic heterocycles. The van der Waals surface area contributed by atoms with Crippen LogP contribution in [0.4, 0.5) is 0 Å². The molecule has 3 heterocycles. The summed E-state index contributed by atoms with van der Waals surface area (Å²) in [4.78, 5) is 87.6. The molecule has 6 aliphatic rings. The van der Waals surface area contributed by atoms with E-state index < -0.39 is 47.3 Å². The van der Waals surface area contributed by atoms with Crippen LogP contribution < -0.4 is 17.2 Å². The first-order chi connectivity index (χ1) is 31.2. The van der Waals surface area contributed by atoms with Crippen molar-refractivity contribution in [2.45, 2.75) is 67.2 Å². The molecular weight excluding hydrogens is 817 g/mol. The Morgan fingerprint density at radius 3 is 1.14 bits per heavy atom. The minimum atomic E-state index is -0.643. The van der Waals surface area contributed by atoms with Crippen LogP contribution in [0, 0.1) is 76.9 Å². The monoisotopic (exact) mass is 889 g/mol. The lowest BCUT2D eigenvalue weighted by molar-refractivity contribution is -0.141. The predicted octanol–water partition coefficient (Wildman–Crippen LogP) is 5.82. The van der Waals surface area contributed by atoms with E-state index in [1.165, 1.54) is 20.3 Å². The lowest BCUT2D eigenvalue weighted by Gasteiger charge is -2.24. The van der Waals surface area contributed by atoms with Gasteiger partial charge in [0, 0.05) is 74.8 Å². The Bertz CT molecular complexity index is 2150. The highest BCUT2D eigenvalue weighted by atomic mass is 16.2. The van der Waals surface area contributed by atoms with Crippen LogP contribution in [0.15, 0.2) is 108 Å². The van der Waals surface area contributed by atoms with Crippen molar-refractivity contribution >= 4 is 35.4 Å². The molecule has 0 spiro atoms. The van der Waals surface area contributed by atoms with Crippen LogP contribution in [0.25, 0.3) is 0 Å². The van der Waals surface area contributed by atoms with E-state index >= 15 is 0 Å². The van der Waals surface area contributed by atoms with Crippen molar-refractivity contribution in [3.8, 4) is 0 Å². The van der Waals surface area contributed by atoms with Gasteiger partial charge in [-0.15, -0.1) is 13.2 Å². The molecule has 12 atom stereocenters. The molecule has 3 aliphatic carbocycles. The van der Waals surface area contributed by atoms with Crippen LogP contribution in [0.1, 0.15) is 67.2 Å². The fraction of sp³-hybridized carbons (Fsp3) is 0.547. The Morgan fingerprint density at radius 1 is 0.523 bits per heavy atom. The lowest BCUT2D eigenvalue weighted by Crippen LogP contribution is -2.37. The topological polar surface area (TPSA) is 190 Å². The van der Waals surface area contributed by atoms with Gasteiger partial charge in [0.15, 0.2) is 0 Å². The van der Waals surface area contributed by atoms with Crippen LogP contribution >= 0.6 is 0 Å². The molecule has 0 bridgehead atoms. The van der Waals surface area contributed by atoms with E-state index in [0.29, 0.717) is 0 Å². The van der Waals surface area contributed by atoms with Crippen molar-refractivity contribution in [1.82, 2.24) is 14.7 Å². The van der Waals surface area contributed by atoms with Crippen molar-refractivity contribution < 1.29 is 28.8 Å². The minimum absolute atomic E-state index is 0.109. The van der Waals surface area contributed by atoms with E-state index in [4.69, 9.17) is 17.2 Å². The first-order valence-corrected chi connectivity index (χ1v) is 23.9. The number of nitrogens with zero attached hydrogens (tertiary/aromatic N) is 3. The summed E-state index contributed by atoms with van der Waals surface area (Å²) in [5, 5.41) is 0. The SMILES string of the molecule is C=CC1C(=C(C)C)C(/C=C/C=C/C2/C(=C/C(C)C)C(/C=C/C=C/C3C(=C(CCC)CCC)C(C=C)C4C(=O)N(CCN)C(=O)C34)C3C(=O)N(CCN)C(=O)C23)C2C(=O)N(CCN)C(=O)C12. The largest absolute Gasteiger partial charge is 0.329 e. The second-order valence-corrected chi connectivity index (χ2v) is 19.1. The third-order valence-corrected chi connectivity index (χ3v) is 14.7. The summed E-state index contributed by atoms with van der Waals surface area (Å²) in [6, 6.07) is 0. The summed E-state index contributed by atoms with van der Waals surface area (Å²) < 4.78 is 0. The van der Waals surface area contributed by atoms with Gasteiger partial charge in [-0.25, -0.2) is 0 Å². The second-order valence-electron chi connectivity index (χ2n) is 19.1. The summed E-state index contributed by atoms with van der Waals surface area (Å²) in [5.74, 6) is -6.65. The number of carbonyl (C=O) groups excluding carboxylic acids is 6. The van der Waals surface area contributed by atoms with Gasteiger partial charge in [-0.2, -0.15) is 0 Å². The van der Waals surface area contributed by atoms with Crippen molar-refractivity contribution in [2.24, 2.45) is 94.1 Å². The van der Waals surface area contributed by atoms with Gasteiger partial charge in [-0.1, -0.05) is 135 Å². The van der Waals surface area contributed by atoms with E-state index in [2.05, 4.69) is 46.9 Å². The van der Waals surface area contributed by atoms with Crippen LogP contribution in [-0.2, 0) is 28.8 Å². The number of nitrogens with two attached hydrogens (primary N) is 3. The van der Waals surface area contributed by atoms with Crippen molar-refractivity contribution in [3.05, 3.63) is 108 Å². The number of fused-ring (bicyclic) bond motifs is 3. The number of hydrogen-bond donors (Lipinski definition) is 3. The van der Waals surface area contributed by atoms with Crippen LogP contribution in [0.5, 0.6) is 0 Å². The molecule has 12 nitrogen and oxygen atoms in total. The highest BCUT2D eigenvalue weighted by Crippen LogP contribution is 2.56. The highest BCUT2D eigenvalue weighted by Gasteiger charge is 2.62. The van der Waals surface area contributed by atoms with Crippen LogP contribution in [0.2, 0.25) is 0 Å². The van der Waals surface area contributed by atoms with Crippen LogP contribution in [-0.4, -0.2) is 89.4 Å². The number of carbonyl (C=O) groups is 6. The first-order valence-electron chi connectivity index (χ1n) is 23.9. The molecule has 6 amide bonds. The molecule has 6 fully saturated rings. The molecule has 0 aromatic rings. The van der Waals surface area contributed by atoms with Gasteiger partial charge < -0.3 is 17.2 Å². The summed E-state index contributed by atoms with van der Waals surface area (Å²) in [7, 11) is 0. The van der Waals surface area contributed by atoms with Gasteiger partial charge in [-0.05, 0) is 32.6 Å². The van der Waals surface area contributed by atoms with Crippen molar-refractivity contribution in [2.75, 3.05) is 39.3 Å². The molecule has 65 heavy (non-hydrogen) atoms. The maximum Gasteiger partial charge on any atom is 0.234 e. The Balaban J connectivity index is 1.37. The zero-order chi connectivity index (χ0) is 47.4. The van der Waals surface area contributed by atoms with E-state index in [1.807, 2.05) is 68.5 Å². The summed E-state index contributed by atoms with van der Waals surface area (Å²) in [6.07, 6.45) is 25.1. The molecule has 3 aliphatic heterocycles. The molecule has 350 valence electrons. The fourth-order valence-corrected chi connectivity index (χ4v) is 12.4. The lowest BCUT2D eigenvalue weighted by atomic mass is 9.84. The van der Waals surface area contributed by atoms with Gasteiger partial charge in [0.2, 0.25) is 35.4 Å². The molecule has 6 N–H and O–H groups in total. The normalized spacial score (nSPS) is 33.1. The number of likely N-dealkylation sites (tertiary alicyclic amines) is 3. The van der Waals surface area contributed by atoms with Crippen molar-refractivity contribution in [1.29, 1.82) is 0 Å². The Kier molecular flexibility index (Phi) is 16.0. The van der Waals surface area contributed by atoms with E-state index in [0.717, 1.165) is 48.0 Å². The maximum atomic E-state index is 14.3.